The van der Waals surface area contributed by atoms with E-state index >= 15 is 0 Å². The predicted octanol–water partition coefficient (Wildman–Crippen LogP) is 1.92. The molecule has 1 atom stereocenters. The third kappa shape index (κ3) is 5.46. The maximum absolute atomic E-state index is 12.5. The quantitative estimate of drug-likeness (QED) is 0.345. The Labute approximate surface area is 193 Å². The zero-order chi connectivity index (χ0) is 24.8. The first-order chi connectivity index (χ1) is 16.2. The van der Waals surface area contributed by atoms with E-state index in [1.54, 1.807) is 0 Å². The minimum Gasteiger partial charge on any atom is -0.494 e. The first-order valence-corrected chi connectivity index (χ1v) is 10.0. The van der Waals surface area contributed by atoms with Crippen LogP contribution >= 0.6 is 0 Å². The van der Waals surface area contributed by atoms with Crippen LogP contribution in [-0.2, 0) is 23.9 Å². The summed E-state index contributed by atoms with van der Waals surface area (Å²) in [5.41, 5.74) is 0.795. The molecule has 2 amide bonds. The van der Waals surface area contributed by atoms with Crippen molar-refractivity contribution >= 4 is 40.8 Å². The Morgan fingerprint density at radius 2 is 1.85 bits per heavy atom. The fraction of sp³-hybridized carbons (Fsp3) is 0.273. The van der Waals surface area contributed by atoms with Crippen molar-refractivity contribution in [1.82, 2.24) is 0 Å². The largest absolute Gasteiger partial charge is 0.494 e. The number of non-ortho nitro benzene ring substituents is 1. The number of hydrogen-bond acceptors (Lipinski definition) is 9. The number of carbonyl (C=O) groups excluding carboxylic acids is 4. The normalized spacial score (nSPS) is 14.9. The van der Waals surface area contributed by atoms with Gasteiger partial charge in [0.25, 0.3) is 11.6 Å². The molecule has 2 aromatic rings. The summed E-state index contributed by atoms with van der Waals surface area (Å²) >= 11 is 0. The second-order valence-electron chi connectivity index (χ2n) is 7.24. The summed E-state index contributed by atoms with van der Waals surface area (Å²) in [7, 11) is 2.57. The number of benzene rings is 2. The summed E-state index contributed by atoms with van der Waals surface area (Å²) in [6.45, 7) is -0.592. The number of nitrogens with one attached hydrogen (secondary N) is 1. The van der Waals surface area contributed by atoms with Gasteiger partial charge in [-0.1, -0.05) is 0 Å². The topological polar surface area (TPSA) is 154 Å². The minimum atomic E-state index is -0.820. The zero-order valence-corrected chi connectivity index (χ0v) is 18.3. The first kappa shape index (κ1) is 24.2. The molecule has 1 aliphatic rings. The monoisotopic (exact) mass is 471 g/mol. The lowest BCUT2D eigenvalue weighted by atomic mass is 10.1. The summed E-state index contributed by atoms with van der Waals surface area (Å²) in [6, 6.07) is 9.74. The molecule has 0 aromatic heterocycles. The average molecular weight is 471 g/mol. The molecule has 34 heavy (non-hydrogen) atoms. The SMILES string of the molecule is COC(=O)c1ccc(NC(=O)COC(=O)[C@H]2CC(=O)N(c3ccc([N+](=O)[O-])cc3OC)C2)cc1. The fourth-order valence-corrected chi connectivity index (χ4v) is 3.36. The van der Waals surface area contributed by atoms with Gasteiger partial charge in [0.05, 0.1) is 42.4 Å². The van der Waals surface area contributed by atoms with Crippen LogP contribution in [0.25, 0.3) is 0 Å². The van der Waals surface area contributed by atoms with Crippen LogP contribution in [0.5, 0.6) is 5.75 Å². The Balaban J connectivity index is 1.56. The van der Waals surface area contributed by atoms with Crippen LogP contribution in [0.3, 0.4) is 0 Å². The Hall–Kier alpha value is -4.48. The first-order valence-electron chi connectivity index (χ1n) is 10.0. The smallest absolute Gasteiger partial charge is 0.337 e. The van der Waals surface area contributed by atoms with Crippen molar-refractivity contribution in [3.8, 4) is 5.75 Å². The molecule has 12 heteroatoms. The number of amides is 2. The number of nitro benzene ring substituents is 1. The molecule has 2 aromatic carbocycles. The van der Waals surface area contributed by atoms with E-state index < -0.39 is 35.3 Å². The molecule has 178 valence electrons. The highest BCUT2D eigenvalue weighted by Gasteiger charge is 2.37. The zero-order valence-electron chi connectivity index (χ0n) is 18.3. The predicted molar refractivity (Wildman–Crippen MR) is 117 cm³/mol. The molecule has 0 radical (unpaired) electrons. The molecule has 1 aliphatic heterocycles. The van der Waals surface area contributed by atoms with Gasteiger partial charge in [-0.2, -0.15) is 0 Å². The summed E-state index contributed by atoms with van der Waals surface area (Å²) in [6.07, 6.45) is -0.143. The highest BCUT2D eigenvalue weighted by atomic mass is 16.6. The summed E-state index contributed by atoms with van der Waals surface area (Å²) < 4.78 is 14.8. The number of nitro groups is 1. The van der Waals surface area contributed by atoms with Gasteiger partial charge in [0, 0.05) is 24.7 Å². The molecular weight excluding hydrogens is 450 g/mol. The lowest BCUT2D eigenvalue weighted by molar-refractivity contribution is -0.384. The number of anilines is 2. The number of carbonyl (C=O) groups is 4. The van der Waals surface area contributed by atoms with Crippen LogP contribution in [0.2, 0.25) is 0 Å². The molecular formula is C22H21N3O9. The average Bonchev–Trinajstić information content (AvgIpc) is 3.23. The highest BCUT2D eigenvalue weighted by molar-refractivity contribution is 6.01. The van der Waals surface area contributed by atoms with E-state index in [2.05, 4.69) is 10.1 Å². The van der Waals surface area contributed by atoms with Crippen LogP contribution in [-0.4, -0.2) is 56.0 Å². The molecule has 1 N–H and O–H groups in total. The molecule has 12 nitrogen and oxygen atoms in total. The van der Waals surface area contributed by atoms with Crippen LogP contribution in [0.15, 0.2) is 42.5 Å². The Morgan fingerprint density at radius 1 is 1.15 bits per heavy atom. The van der Waals surface area contributed by atoms with E-state index in [1.165, 1.54) is 61.6 Å². The van der Waals surface area contributed by atoms with Gasteiger partial charge >= 0.3 is 11.9 Å². The van der Waals surface area contributed by atoms with Gasteiger partial charge in [-0.3, -0.25) is 24.5 Å². The van der Waals surface area contributed by atoms with Gasteiger partial charge in [-0.15, -0.1) is 0 Å². The highest BCUT2D eigenvalue weighted by Crippen LogP contribution is 2.36. The number of methoxy groups -OCH3 is 2. The summed E-state index contributed by atoms with van der Waals surface area (Å²) in [5, 5.41) is 13.5. The van der Waals surface area contributed by atoms with Crippen molar-refractivity contribution in [2.75, 3.05) is 37.6 Å². The number of hydrogen-bond donors (Lipinski definition) is 1. The van der Waals surface area contributed by atoms with Gasteiger partial charge in [0.15, 0.2) is 6.61 Å². The molecule has 3 rings (SSSR count). The number of esters is 2. The van der Waals surface area contributed by atoms with Crippen molar-refractivity contribution in [2.24, 2.45) is 5.92 Å². The van der Waals surface area contributed by atoms with Gasteiger partial charge in [0.2, 0.25) is 5.91 Å². The number of rotatable bonds is 8. The van der Waals surface area contributed by atoms with Crippen molar-refractivity contribution in [2.45, 2.75) is 6.42 Å². The Bertz CT molecular complexity index is 1130. The van der Waals surface area contributed by atoms with Gasteiger partial charge in [0.1, 0.15) is 5.75 Å². The fourth-order valence-electron chi connectivity index (χ4n) is 3.36. The van der Waals surface area contributed by atoms with Crippen LogP contribution in [0, 0.1) is 16.0 Å². The van der Waals surface area contributed by atoms with Crippen molar-refractivity contribution in [3.05, 3.63) is 58.1 Å². The number of nitrogens with zero attached hydrogens (tertiary/aromatic N) is 2. The second kappa shape index (κ2) is 10.4. The van der Waals surface area contributed by atoms with E-state index in [0.717, 1.165) is 0 Å². The van der Waals surface area contributed by atoms with Crippen LogP contribution in [0.1, 0.15) is 16.8 Å². The maximum atomic E-state index is 12.5. The van der Waals surface area contributed by atoms with Crippen LogP contribution in [0.4, 0.5) is 17.1 Å². The number of ether oxygens (including phenoxy) is 3. The van der Waals surface area contributed by atoms with Crippen molar-refractivity contribution in [1.29, 1.82) is 0 Å². The van der Waals surface area contributed by atoms with E-state index in [9.17, 15) is 29.3 Å². The summed E-state index contributed by atoms with van der Waals surface area (Å²) in [4.78, 5) is 60.1. The minimum absolute atomic E-state index is 0.0254. The maximum Gasteiger partial charge on any atom is 0.337 e. The van der Waals surface area contributed by atoms with E-state index in [-0.39, 0.29) is 30.3 Å². The van der Waals surface area contributed by atoms with Gasteiger partial charge in [-0.25, -0.2) is 4.79 Å². The van der Waals surface area contributed by atoms with E-state index in [1.807, 2.05) is 0 Å². The molecule has 0 saturated carbocycles. The van der Waals surface area contributed by atoms with Crippen LogP contribution < -0.4 is 15.0 Å². The van der Waals surface area contributed by atoms with Crippen molar-refractivity contribution in [3.63, 3.8) is 0 Å². The molecule has 1 fully saturated rings. The third-order valence-corrected chi connectivity index (χ3v) is 5.06. The van der Waals surface area contributed by atoms with E-state index in [0.29, 0.717) is 16.9 Å². The van der Waals surface area contributed by atoms with Gasteiger partial charge < -0.3 is 24.4 Å². The van der Waals surface area contributed by atoms with Crippen molar-refractivity contribution < 1.29 is 38.3 Å². The standard InChI is InChI=1S/C22H21N3O9/c1-32-18-10-16(25(30)31)7-8-17(18)24-11-14(9-20(24)27)22(29)34-12-19(26)23-15-5-3-13(4-6-15)21(28)33-2/h3-8,10,14H,9,11-12H2,1-2H3,(H,23,26)/t14-/m0/s1. The lowest BCUT2D eigenvalue weighted by Crippen LogP contribution is -2.28. The summed E-state index contributed by atoms with van der Waals surface area (Å²) in [5.74, 6) is -2.93. The molecule has 0 bridgehead atoms. The van der Waals surface area contributed by atoms with E-state index in [4.69, 9.17) is 9.47 Å². The molecule has 0 unspecified atom stereocenters. The molecule has 1 saturated heterocycles. The molecule has 0 aliphatic carbocycles. The molecule has 1 heterocycles. The lowest BCUT2D eigenvalue weighted by Gasteiger charge is -2.19. The Kier molecular flexibility index (Phi) is 7.41. The Morgan fingerprint density at radius 3 is 2.47 bits per heavy atom. The molecule has 0 spiro atoms. The van der Waals surface area contributed by atoms with Gasteiger partial charge in [-0.05, 0) is 30.3 Å². The third-order valence-electron chi connectivity index (χ3n) is 5.06. The second-order valence-corrected chi connectivity index (χ2v) is 7.24.